The molecule has 2 nitrogen and oxygen atoms in total. The molecule has 10 aromatic rings. The first-order valence-corrected chi connectivity index (χ1v) is 20.5. The molecule has 2 heterocycles. The molecule has 2 aliphatic carbocycles. The molecule has 0 N–H and O–H groups in total. The van der Waals surface area contributed by atoms with Gasteiger partial charge in [-0.15, -0.1) is 0 Å². The molecule has 13 rings (SSSR count). The summed E-state index contributed by atoms with van der Waals surface area (Å²) in [5, 5.41) is 1.24. The van der Waals surface area contributed by atoms with Crippen molar-refractivity contribution in [3.63, 3.8) is 0 Å². The fourth-order valence-corrected chi connectivity index (χ4v) is 10.9. The number of nitrogens with zero attached hydrogens (tertiary/aromatic N) is 2. The van der Waals surface area contributed by atoms with Crippen LogP contribution < -0.4 is 4.90 Å². The minimum Gasteiger partial charge on any atom is -0.309 e. The molecule has 0 unspecified atom stereocenters. The van der Waals surface area contributed by atoms with Crippen molar-refractivity contribution in [1.82, 2.24) is 4.57 Å². The van der Waals surface area contributed by atoms with Crippen molar-refractivity contribution in [1.29, 1.82) is 0 Å². The molecule has 0 fully saturated rings. The first-order chi connectivity index (χ1) is 29.3. The molecule has 1 aliphatic heterocycles. The highest BCUT2D eigenvalue weighted by Crippen LogP contribution is 2.63. The molecule has 9 aromatic carbocycles. The van der Waals surface area contributed by atoms with E-state index in [1.54, 1.807) is 0 Å². The minimum absolute atomic E-state index is 0.386. The van der Waals surface area contributed by atoms with Gasteiger partial charge in [0.2, 0.25) is 0 Å². The average Bonchev–Trinajstić information content (AvgIpc) is 3.89. The van der Waals surface area contributed by atoms with Crippen molar-refractivity contribution in [2.75, 3.05) is 4.90 Å². The predicted octanol–water partition coefficient (Wildman–Crippen LogP) is 14.8. The molecule has 59 heavy (non-hydrogen) atoms. The van der Waals surface area contributed by atoms with Crippen LogP contribution in [0.5, 0.6) is 0 Å². The molecule has 0 amide bonds. The lowest BCUT2D eigenvalue weighted by molar-refractivity contribution is 0.794. The van der Waals surface area contributed by atoms with Gasteiger partial charge < -0.3 is 9.47 Å². The predicted molar refractivity (Wildman–Crippen MR) is 244 cm³/mol. The topological polar surface area (TPSA) is 8.17 Å². The molecule has 3 aliphatic rings. The van der Waals surface area contributed by atoms with Gasteiger partial charge in [-0.1, -0.05) is 170 Å². The number of hydrogen-bond acceptors (Lipinski definition) is 1. The zero-order chi connectivity index (χ0) is 38.7. The van der Waals surface area contributed by atoms with Crippen molar-refractivity contribution >= 4 is 28.0 Å². The van der Waals surface area contributed by atoms with Crippen molar-refractivity contribution in [3.05, 3.63) is 241 Å². The molecule has 0 bridgehead atoms. The number of fused-ring (bicyclic) bond motifs is 17. The van der Waals surface area contributed by atoms with Gasteiger partial charge in [-0.3, -0.25) is 0 Å². The maximum absolute atomic E-state index is 2.49. The fraction of sp³-hybridized carbons (Fsp3) is 0.0175. The van der Waals surface area contributed by atoms with Gasteiger partial charge in [0.25, 0.3) is 0 Å². The van der Waals surface area contributed by atoms with Crippen LogP contribution in [0.4, 0.5) is 17.1 Å². The molecule has 1 spiro atoms. The SMILES string of the molecule is c1ccc(-n2c3c(c4ccccc42)-c2ccccc2N(c2cccc(-c4ccc5c(c4)C4(c6ccccc6-c6ccccc64)c4ccccc4-5)c2)c2ccccc2-3)cc1. The Balaban J connectivity index is 1.03. The summed E-state index contributed by atoms with van der Waals surface area (Å²) in [5.41, 5.74) is 23.4. The van der Waals surface area contributed by atoms with Crippen LogP contribution in [0.1, 0.15) is 22.3 Å². The zero-order valence-corrected chi connectivity index (χ0v) is 32.2. The van der Waals surface area contributed by atoms with E-state index in [9.17, 15) is 0 Å². The summed E-state index contributed by atoms with van der Waals surface area (Å²) in [4.78, 5) is 2.48. The Labute approximate surface area is 343 Å². The standard InChI is InChI=1S/C57H36N2/c1-2-18-39(19-3-1)59-53-31-14-8-25-46(53)55-45-24-7-13-30-52(45)58(54-32-15-9-26-47(54)56(55)59)40-20-16-17-37(35-40)38-33-34-44-43-23-6-12-29-50(43)57(51(44)36-38)48-27-10-4-21-41(48)42-22-5-11-28-49(42)57/h1-36H. The Morgan fingerprint density at radius 2 is 0.831 bits per heavy atom. The quantitative estimate of drug-likeness (QED) is 0.175. The summed E-state index contributed by atoms with van der Waals surface area (Å²) in [6, 6.07) is 81.0. The number of anilines is 3. The number of benzene rings is 9. The molecular formula is C57H36N2. The Morgan fingerprint density at radius 3 is 1.53 bits per heavy atom. The second kappa shape index (κ2) is 12.2. The van der Waals surface area contributed by atoms with E-state index in [-0.39, 0.29) is 5.41 Å². The van der Waals surface area contributed by atoms with E-state index in [1.165, 1.54) is 88.9 Å². The lowest BCUT2D eigenvalue weighted by Gasteiger charge is -2.31. The third-order valence-corrected chi connectivity index (χ3v) is 13.1. The molecule has 2 heteroatoms. The van der Waals surface area contributed by atoms with Crippen LogP contribution in [-0.2, 0) is 5.41 Å². The van der Waals surface area contributed by atoms with Gasteiger partial charge in [0.15, 0.2) is 0 Å². The van der Waals surface area contributed by atoms with Crippen LogP contribution in [0.15, 0.2) is 218 Å². The molecule has 0 saturated carbocycles. The highest BCUT2D eigenvalue weighted by Gasteiger charge is 2.51. The summed E-state index contributed by atoms with van der Waals surface area (Å²) in [6.45, 7) is 0. The third kappa shape index (κ3) is 4.30. The minimum atomic E-state index is -0.386. The fourth-order valence-electron chi connectivity index (χ4n) is 10.9. The van der Waals surface area contributed by atoms with Gasteiger partial charge in [-0.2, -0.15) is 0 Å². The van der Waals surface area contributed by atoms with Gasteiger partial charge in [-0.05, 0) is 104 Å². The van der Waals surface area contributed by atoms with Crippen LogP contribution in [0.25, 0.3) is 72.4 Å². The molecule has 1 aromatic heterocycles. The molecule has 0 saturated heterocycles. The number of aromatic nitrogens is 1. The maximum Gasteiger partial charge on any atom is 0.0725 e. The van der Waals surface area contributed by atoms with Crippen LogP contribution in [0.3, 0.4) is 0 Å². The lowest BCUT2D eigenvalue weighted by Crippen LogP contribution is -2.25. The second-order valence-corrected chi connectivity index (χ2v) is 16.0. The van der Waals surface area contributed by atoms with Crippen LogP contribution in [-0.4, -0.2) is 4.57 Å². The Hall–Kier alpha value is -7.68. The van der Waals surface area contributed by atoms with E-state index in [0.29, 0.717) is 0 Å². The van der Waals surface area contributed by atoms with E-state index in [0.717, 1.165) is 22.7 Å². The molecule has 274 valence electrons. The smallest absolute Gasteiger partial charge is 0.0725 e. The highest BCUT2D eigenvalue weighted by atomic mass is 15.2. The van der Waals surface area contributed by atoms with Gasteiger partial charge in [0, 0.05) is 33.5 Å². The highest BCUT2D eigenvalue weighted by molar-refractivity contribution is 6.13. The van der Waals surface area contributed by atoms with Crippen LogP contribution in [0.2, 0.25) is 0 Å². The van der Waals surface area contributed by atoms with Crippen molar-refractivity contribution in [3.8, 4) is 61.5 Å². The summed E-state index contributed by atoms with van der Waals surface area (Å²) >= 11 is 0. The molecule has 0 atom stereocenters. The normalized spacial score (nSPS) is 13.5. The van der Waals surface area contributed by atoms with Crippen molar-refractivity contribution in [2.45, 2.75) is 5.41 Å². The Kier molecular flexibility index (Phi) is 6.68. The number of hydrogen-bond donors (Lipinski definition) is 0. The summed E-state index contributed by atoms with van der Waals surface area (Å²) < 4.78 is 2.46. The zero-order valence-electron chi connectivity index (χ0n) is 32.2. The summed E-state index contributed by atoms with van der Waals surface area (Å²) in [5.74, 6) is 0. The second-order valence-electron chi connectivity index (χ2n) is 16.0. The molecule has 0 radical (unpaired) electrons. The number of rotatable bonds is 3. The Morgan fingerprint density at radius 1 is 0.322 bits per heavy atom. The van der Waals surface area contributed by atoms with Gasteiger partial charge in [0.05, 0.1) is 28.0 Å². The van der Waals surface area contributed by atoms with E-state index in [1.807, 2.05) is 0 Å². The Bertz CT molecular complexity index is 3290. The van der Waals surface area contributed by atoms with E-state index >= 15 is 0 Å². The van der Waals surface area contributed by atoms with E-state index in [4.69, 9.17) is 0 Å². The van der Waals surface area contributed by atoms with Gasteiger partial charge in [-0.25, -0.2) is 0 Å². The monoisotopic (exact) mass is 748 g/mol. The van der Waals surface area contributed by atoms with Gasteiger partial charge >= 0.3 is 0 Å². The van der Waals surface area contributed by atoms with E-state index in [2.05, 4.69) is 228 Å². The summed E-state index contributed by atoms with van der Waals surface area (Å²) in [7, 11) is 0. The summed E-state index contributed by atoms with van der Waals surface area (Å²) in [6.07, 6.45) is 0. The van der Waals surface area contributed by atoms with Gasteiger partial charge in [0.1, 0.15) is 0 Å². The van der Waals surface area contributed by atoms with Crippen molar-refractivity contribution < 1.29 is 0 Å². The van der Waals surface area contributed by atoms with Crippen molar-refractivity contribution in [2.24, 2.45) is 0 Å². The van der Waals surface area contributed by atoms with Crippen LogP contribution >= 0.6 is 0 Å². The first-order valence-electron chi connectivity index (χ1n) is 20.5. The lowest BCUT2D eigenvalue weighted by atomic mass is 9.70. The maximum atomic E-state index is 2.49. The first kappa shape index (κ1) is 32.4. The third-order valence-electron chi connectivity index (χ3n) is 13.1. The molecular weight excluding hydrogens is 713 g/mol. The van der Waals surface area contributed by atoms with Crippen LogP contribution in [0, 0.1) is 0 Å². The van der Waals surface area contributed by atoms with E-state index < -0.39 is 0 Å². The number of para-hydroxylation sites is 4. The largest absolute Gasteiger partial charge is 0.309 e. The average molecular weight is 749 g/mol.